The number of carbonyl (C=O) groups is 3. The van der Waals surface area contributed by atoms with Crippen LogP contribution in [0.15, 0.2) is 0 Å². The molecule has 0 aliphatic rings. The van der Waals surface area contributed by atoms with E-state index in [0.29, 0.717) is 0 Å². The maximum atomic E-state index is 12.0. The first kappa shape index (κ1) is 19.1. The van der Waals surface area contributed by atoms with Crippen LogP contribution in [0.25, 0.3) is 0 Å². The Hall–Kier alpha value is -2.87. The maximum Gasteiger partial charge on any atom is 0.325 e. The molecule has 120 valence electrons. The molecule has 0 bridgehead atoms. The number of carboxylic acid groups (broad SMARTS) is 1. The van der Waals surface area contributed by atoms with E-state index < -0.39 is 36.0 Å². The molecule has 0 heterocycles. The van der Waals surface area contributed by atoms with E-state index in [2.05, 4.69) is 45.2 Å². The van der Waals surface area contributed by atoms with Crippen LogP contribution in [0.2, 0.25) is 0 Å². The van der Waals surface area contributed by atoms with Crippen molar-refractivity contribution < 1.29 is 19.5 Å². The van der Waals surface area contributed by atoms with Gasteiger partial charge in [-0.3, -0.25) is 14.4 Å². The summed E-state index contributed by atoms with van der Waals surface area (Å²) in [7, 11) is 0. The molecular formula is C14H20N4O4. The van der Waals surface area contributed by atoms with Crippen LogP contribution in [-0.4, -0.2) is 41.1 Å². The summed E-state index contributed by atoms with van der Waals surface area (Å²) < 4.78 is 0. The normalized spacial score (nSPS) is 11.7. The minimum absolute atomic E-state index is 0.545. The number of nitrogens with one attached hydrogen (secondary N) is 4. The molecule has 5 N–H and O–H groups in total. The van der Waals surface area contributed by atoms with E-state index >= 15 is 0 Å². The Labute approximate surface area is 129 Å². The second-order valence-electron chi connectivity index (χ2n) is 4.27. The maximum absolute atomic E-state index is 12.0. The summed E-state index contributed by atoms with van der Waals surface area (Å²) in [4.78, 5) is 34.5. The molecular weight excluding hydrogens is 288 g/mol. The molecule has 0 unspecified atom stereocenters. The smallest absolute Gasteiger partial charge is 0.325 e. The minimum atomic E-state index is -1.16. The molecule has 0 aromatic heterocycles. The van der Waals surface area contributed by atoms with Gasteiger partial charge in [-0.2, -0.15) is 0 Å². The lowest BCUT2D eigenvalue weighted by molar-refractivity contribution is -0.141. The second-order valence-corrected chi connectivity index (χ2v) is 4.27. The SMILES string of the molecule is CC#CNC(NC#CC)C(=O)N[C@@H](C)C(=O)N[C@@H](C)C(=O)O. The second kappa shape index (κ2) is 9.94. The van der Waals surface area contributed by atoms with Crippen molar-refractivity contribution in [1.29, 1.82) is 0 Å². The summed E-state index contributed by atoms with van der Waals surface area (Å²) in [5.41, 5.74) is 0. The summed E-state index contributed by atoms with van der Waals surface area (Å²) in [6.07, 6.45) is -0.924. The number of aliphatic carboxylic acids is 1. The van der Waals surface area contributed by atoms with Crippen molar-refractivity contribution in [2.45, 2.75) is 45.9 Å². The third-order valence-corrected chi connectivity index (χ3v) is 2.43. The van der Waals surface area contributed by atoms with E-state index in [4.69, 9.17) is 5.11 Å². The van der Waals surface area contributed by atoms with Gasteiger partial charge in [-0.15, -0.1) is 0 Å². The van der Waals surface area contributed by atoms with E-state index in [1.807, 2.05) is 0 Å². The first-order valence-corrected chi connectivity index (χ1v) is 6.51. The molecule has 0 spiro atoms. The van der Waals surface area contributed by atoms with Crippen LogP contribution < -0.4 is 21.3 Å². The van der Waals surface area contributed by atoms with Crippen LogP contribution in [0.4, 0.5) is 0 Å². The van der Waals surface area contributed by atoms with Gasteiger partial charge in [0.2, 0.25) is 5.91 Å². The zero-order valence-electron chi connectivity index (χ0n) is 12.9. The Bertz CT molecular complexity index is 517. The van der Waals surface area contributed by atoms with Crippen molar-refractivity contribution in [2.75, 3.05) is 0 Å². The fourth-order valence-electron chi connectivity index (χ4n) is 1.22. The molecule has 0 aliphatic heterocycles. The van der Waals surface area contributed by atoms with E-state index in [9.17, 15) is 14.4 Å². The van der Waals surface area contributed by atoms with Crippen molar-refractivity contribution >= 4 is 17.8 Å². The third kappa shape index (κ3) is 7.06. The van der Waals surface area contributed by atoms with Crippen molar-refractivity contribution in [3.63, 3.8) is 0 Å². The molecule has 0 aliphatic carbocycles. The largest absolute Gasteiger partial charge is 0.480 e. The highest BCUT2D eigenvalue weighted by Gasteiger charge is 2.23. The highest BCUT2D eigenvalue weighted by Crippen LogP contribution is 1.89. The van der Waals surface area contributed by atoms with E-state index in [1.54, 1.807) is 13.8 Å². The average Bonchev–Trinajstić information content (AvgIpc) is 2.46. The molecule has 8 nitrogen and oxygen atoms in total. The summed E-state index contributed by atoms with van der Waals surface area (Å²) in [6.45, 7) is 5.96. The molecule has 0 radical (unpaired) electrons. The van der Waals surface area contributed by atoms with Crippen molar-refractivity contribution in [3.05, 3.63) is 0 Å². The zero-order valence-corrected chi connectivity index (χ0v) is 12.9. The summed E-state index contributed by atoms with van der Waals surface area (Å²) in [5.74, 6) is 2.83. The highest BCUT2D eigenvalue weighted by atomic mass is 16.4. The molecule has 0 aromatic carbocycles. The highest BCUT2D eigenvalue weighted by molar-refractivity contribution is 5.91. The van der Waals surface area contributed by atoms with Gasteiger partial charge >= 0.3 is 5.97 Å². The molecule has 0 rings (SSSR count). The monoisotopic (exact) mass is 308 g/mol. The van der Waals surface area contributed by atoms with E-state index in [1.165, 1.54) is 13.8 Å². The fraction of sp³-hybridized carbons (Fsp3) is 0.500. The van der Waals surface area contributed by atoms with Gasteiger partial charge in [0, 0.05) is 12.1 Å². The Morgan fingerprint density at radius 1 is 0.864 bits per heavy atom. The van der Waals surface area contributed by atoms with Gasteiger partial charge < -0.3 is 26.4 Å². The van der Waals surface area contributed by atoms with Crippen LogP contribution in [0.5, 0.6) is 0 Å². The standard InChI is InChI=1S/C14H20N4O4/c1-5-7-15-11(16-8-6-2)13(20)17-9(3)12(19)18-10(4)14(21)22/h9-11,15-16H,1-4H3,(H,17,20)(H,18,19)(H,21,22)/t9-,10-/m0/s1. The molecule has 0 saturated carbocycles. The first-order valence-electron chi connectivity index (χ1n) is 6.51. The van der Waals surface area contributed by atoms with Crippen LogP contribution >= 0.6 is 0 Å². The van der Waals surface area contributed by atoms with Crippen molar-refractivity contribution in [3.8, 4) is 23.9 Å². The summed E-state index contributed by atoms with van der Waals surface area (Å²) in [6, 6.07) is 3.08. The van der Waals surface area contributed by atoms with E-state index in [-0.39, 0.29) is 0 Å². The molecule has 0 aromatic rings. The number of carbonyl (C=O) groups excluding carboxylic acids is 2. The van der Waals surface area contributed by atoms with Gasteiger partial charge in [0.25, 0.3) is 5.91 Å². The quantitative estimate of drug-likeness (QED) is 0.223. The van der Waals surface area contributed by atoms with Gasteiger partial charge in [-0.25, -0.2) is 0 Å². The molecule has 0 fully saturated rings. The molecule has 2 atom stereocenters. The number of amides is 2. The lowest BCUT2D eigenvalue weighted by atomic mass is 10.2. The zero-order chi connectivity index (χ0) is 17.1. The van der Waals surface area contributed by atoms with Crippen molar-refractivity contribution in [1.82, 2.24) is 21.3 Å². The van der Waals surface area contributed by atoms with Crippen molar-refractivity contribution in [2.24, 2.45) is 0 Å². The molecule has 0 saturated heterocycles. The van der Waals surface area contributed by atoms with Crippen LogP contribution in [0.3, 0.4) is 0 Å². The van der Waals surface area contributed by atoms with Gasteiger partial charge in [0.1, 0.15) is 12.1 Å². The Morgan fingerprint density at radius 2 is 1.32 bits per heavy atom. The number of hydrogen-bond donors (Lipinski definition) is 5. The van der Waals surface area contributed by atoms with E-state index in [0.717, 1.165) is 0 Å². The number of carboxylic acids is 1. The summed E-state index contributed by atoms with van der Waals surface area (Å²) in [5, 5.41) is 18.6. The average molecular weight is 308 g/mol. The van der Waals surface area contributed by atoms with Gasteiger partial charge in [-0.1, -0.05) is 11.8 Å². The van der Waals surface area contributed by atoms with Crippen LogP contribution in [-0.2, 0) is 14.4 Å². The summed E-state index contributed by atoms with van der Waals surface area (Å²) >= 11 is 0. The van der Waals surface area contributed by atoms with Gasteiger partial charge in [0.15, 0.2) is 6.17 Å². The number of hydrogen-bond acceptors (Lipinski definition) is 5. The minimum Gasteiger partial charge on any atom is -0.480 e. The van der Waals surface area contributed by atoms with Gasteiger partial charge in [0.05, 0.1) is 0 Å². The lowest BCUT2D eigenvalue weighted by Crippen LogP contribution is -2.56. The first-order chi connectivity index (χ1) is 10.3. The molecule has 22 heavy (non-hydrogen) atoms. The topological polar surface area (TPSA) is 120 Å². The molecule has 2 amide bonds. The lowest BCUT2D eigenvalue weighted by Gasteiger charge is -2.19. The predicted octanol–water partition coefficient (Wildman–Crippen LogP) is -1.45. The third-order valence-electron chi connectivity index (χ3n) is 2.43. The Balaban J connectivity index is 4.66. The number of rotatable bonds is 7. The predicted molar refractivity (Wildman–Crippen MR) is 79.8 cm³/mol. The Kier molecular flexibility index (Phi) is 8.65. The fourth-order valence-corrected chi connectivity index (χ4v) is 1.22. The van der Waals surface area contributed by atoms with Crippen LogP contribution in [0.1, 0.15) is 27.7 Å². The molecule has 8 heteroatoms. The Morgan fingerprint density at radius 3 is 1.73 bits per heavy atom. The van der Waals surface area contributed by atoms with Gasteiger partial charge in [-0.05, 0) is 27.7 Å². The van der Waals surface area contributed by atoms with Crippen LogP contribution in [0, 0.1) is 23.9 Å².